The second-order valence-electron chi connectivity index (χ2n) is 4.05. The SMILES string of the molecule is CCNC(c1ccc(Cl)s1)c1c(OC)cnn1CC. The molecular weight excluding hydrogens is 282 g/mol. The molecule has 1 N–H and O–H groups in total. The highest BCUT2D eigenvalue weighted by atomic mass is 35.5. The van der Waals surface area contributed by atoms with E-state index in [0.717, 1.165) is 28.9 Å². The van der Waals surface area contributed by atoms with E-state index in [1.807, 2.05) is 16.8 Å². The third kappa shape index (κ3) is 2.94. The van der Waals surface area contributed by atoms with Crippen molar-refractivity contribution in [1.82, 2.24) is 15.1 Å². The van der Waals surface area contributed by atoms with E-state index in [-0.39, 0.29) is 6.04 Å². The molecule has 0 aliphatic carbocycles. The predicted octanol–water partition coefficient (Wildman–Crippen LogP) is 3.33. The Bertz CT molecular complexity index is 516. The van der Waals surface area contributed by atoms with Crippen molar-refractivity contribution in [2.75, 3.05) is 13.7 Å². The van der Waals surface area contributed by atoms with Gasteiger partial charge in [-0.15, -0.1) is 11.3 Å². The Hall–Kier alpha value is -1.04. The molecule has 0 saturated heterocycles. The molecular formula is C13H18ClN3OS. The highest BCUT2D eigenvalue weighted by Gasteiger charge is 2.23. The molecule has 0 aliphatic heterocycles. The molecule has 0 saturated carbocycles. The fraction of sp³-hybridized carbons (Fsp3) is 0.462. The summed E-state index contributed by atoms with van der Waals surface area (Å²) >= 11 is 7.63. The number of nitrogens with zero attached hydrogens (tertiary/aromatic N) is 2. The molecule has 1 atom stereocenters. The Balaban J connectivity index is 2.46. The molecule has 0 aliphatic rings. The van der Waals surface area contributed by atoms with Gasteiger partial charge in [0.1, 0.15) is 5.69 Å². The Labute approximate surface area is 122 Å². The number of rotatable bonds is 6. The van der Waals surface area contributed by atoms with Gasteiger partial charge >= 0.3 is 0 Å². The van der Waals surface area contributed by atoms with Crippen LogP contribution in [0.3, 0.4) is 0 Å². The number of hydrogen-bond donors (Lipinski definition) is 1. The third-order valence-corrected chi connectivity index (χ3v) is 4.22. The number of halogens is 1. The molecule has 2 aromatic rings. The van der Waals surface area contributed by atoms with Gasteiger partial charge in [0.05, 0.1) is 23.7 Å². The fourth-order valence-corrected chi connectivity index (χ4v) is 3.24. The summed E-state index contributed by atoms with van der Waals surface area (Å²) in [7, 11) is 1.67. The lowest BCUT2D eigenvalue weighted by atomic mass is 10.1. The summed E-state index contributed by atoms with van der Waals surface area (Å²) in [6.07, 6.45) is 1.76. The lowest BCUT2D eigenvalue weighted by Crippen LogP contribution is -2.24. The number of ether oxygens (including phenoxy) is 1. The fourth-order valence-electron chi connectivity index (χ4n) is 2.10. The van der Waals surface area contributed by atoms with Crippen molar-refractivity contribution in [2.24, 2.45) is 0 Å². The number of thiophene rings is 1. The van der Waals surface area contributed by atoms with Gasteiger partial charge in [-0.1, -0.05) is 18.5 Å². The van der Waals surface area contributed by atoms with Gasteiger partial charge in [0, 0.05) is 11.4 Å². The molecule has 0 bridgehead atoms. The largest absolute Gasteiger partial charge is 0.493 e. The van der Waals surface area contributed by atoms with Gasteiger partial charge < -0.3 is 10.1 Å². The van der Waals surface area contributed by atoms with Gasteiger partial charge in [-0.2, -0.15) is 5.10 Å². The van der Waals surface area contributed by atoms with E-state index in [0.29, 0.717) is 0 Å². The topological polar surface area (TPSA) is 39.1 Å². The monoisotopic (exact) mass is 299 g/mol. The highest BCUT2D eigenvalue weighted by molar-refractivity contribution is 7.16. The molecule has 0 radical (unpaired) electrons. The van der Waals surface area contributed by atoms with Crippen LogP contribution in [0, 0.1) is 0 Å². The van der Waals surface area contributed by atoms with Crippen LogP contribution < -0.4 is 10.1 Å². The van der Waals surface area contributed by atoms with Crippen molar-refractivity contribution in [3.05, 3.63) is 33.2 Å². The van der Waals surface area contributed by atoms with E-state index >= 15 is 0 Å². The van der Waals surface area contributed by atoms with Crippen LogP contribution in [0.2, 0.25) is 4.34 Å². The van der Waals surface area contributed by atoms with Crippen LogP contribution in [0.1, 0.15) is 30.5 Å². The Morgan fingerprint density at radius 2 is 2.26 bits per heavy atom. The van der Waals surface area contributed by atoms with Gasteiger partial charge in [-0.3, -0.25) is 4.68 Å². The minimum atomic E-state index is 0.0555. The standard InChI is InChI=1S/C13H18ClN3OS/c1-4-15-12(10-6-7-11(14)19-10)13-9(18-3)8-16-17(13)5-2/h6-8,12,15H,4-5H2,1-3H3. The number of nitrogens with one attached hydrogen (secondary N) is 1. The summed E-state index contributed by atoms with van der Waals surface area (Å²) in [6.45, 7) is 5.82. The van der Waals surface area contributed by atoms with Crippen molar-refractivity contribution in [1.29, 1.82) is 0 Å². The summed E-state index contributed by atoms with van der Waals surface area (Å²) in [5.74, 6) is 0.803. The predicted molar refractivity (Wildman–Crippen MR) is 79.3 cm³/mol. The molecule has 19 heavy (non-hydrogen) atoms. The average molecular weight is 300 g/mol. The zero-order chi connectivity index (χ0) is 13.8. The van der Waals surface area contributed by atoms with E-state index < -0.39 is 0 Å². The maximum Gasteiger partial charge on any atom is 0.161 e. The molecule has 0 aromatic carbocycles. The molecule has 0 amide bonds. The smallest absolute Gasteiger partial charge is 0.161 e. The first-order chi connectivity index (χ1) is 9.21. The average Bonchev–Trinajstić information content (AvgIpc) is 3.01. The van der Waals surface area contributed by atoms with E-state index in [2.05, 4.69) is 24.3 Å². The van der Waals surface area contributed by atoms with Crippen LogP contribution in [0.4, 0.5) is 0 Å². The van der Waals surface area contributed by atoms with Crippen LogP contribution in [-0.2, 0) is 6.54 Å². The molecule has 4 nitrogen and oxygen atoms in total. The molecule has 6 heteroatoms. The van der Waals surface area contributed by atoms with E-state index in [4.69, 9.17) is 16.3 Å². The molecule has 1 unspecified atom stereocenters. The van der Waals surface area contributed by atoms with Crippen molar-refractivity contribution in [3.63, 3.8) is 0 Å². The zero-order valence-electron chi connectivity index (χ0n) is 11.3. The van der Waals surface area contributed by atoms with E-state index in [9.17, 15) is 0 Å². The van der Waals surface area contributed by atoms with E-state index in [1.54, 1.807) is 24.6 Å². The second kappa shape index (κ2) is 6.41. The number of hydrogen-bond acceptors (Lipinski definition) is 4. The quantitative estimate of drug-likeness (QED) is 0.889. The number of aromatic nitrogens is 2. The van der Waals surface area contributed by atoms with Crippen molar-refractivity contribution >= 4 is 22.9 Å². The first-order valence-corrected chi connectivity index (χ1v) is 7.49. The number of aryl methyl sites for hydroxylation is 1. The summed E-state index contributed by atoms with van der Waals surface area (Å²) < 4.78 is 8.18. The molecule has 0 fully saturated rings. The third-order valence-electron chi connectivity index (χ3n) is 2.92. The minimum absolute atomic E-state index is 0.0555. The lowest BCUT2D eigenvalue weighted by Gasteiger charge is -2.19. The van der Waals surface area contributed by atoms with Crippen molar-refractivity contribution < 1.29 is 4.74 Å². The molecule has 2 heterocycles. The maximum atomic E-state index is 6.05. The van der Waals surface area contributed by atoms with Crippen LogP contribution in [0.25, 0.3) is 0 Å². The lowest BCUT2D eigenvalue weighted by molar-refractivity contribution is 0.400. The summed E-state index contributed by atoms with van der Waals surface area (Å²) in [4.78, 5) is 1.17. The Kier molecular flexibility index (Phi) is 4.85. The van der Waals surface area contributed by atoms with Gasteiger partial charge in [0.2, 0.25) is 0 Å². The molecule has 2 rings (SSSR count). The second-order valence-corrected chi connectivity index (χ2v) is 5.79. The van der Waals surface area contributed by atoms with Crippen LogP contribution in [0.5, 0.6) is 5.75 Å². The molecule has 0 spiro atoms. The van der Waals surface area contributed by atoms with Crippen LogP contribution in [-0.4, -0.2) is 23.4 Å². The summed E-state index contributed by atoms with van der Waals surface area (Å²) in [6, 6.07) is 4.03. The Morgan fingerprint density at radius 3 is 2.79 bits per heavy atom. The molecule has 104 valence electrons. The zero-order valence-corrected chi connectivity index (χ0v) is 12.9. The number of methoxy groups -OCH3 is 1. The first kappa shape index (κ1) is 14.4. The molecule has 2 aromatic heterocycles. The van der Waals surface area contributed by atoms with Crippen molar-refractivity contribution in [2.45, 2.75) is 26.4 Å². The minimum Gasteiger partial charge on any atom is -0.493 e. The maximum absolute atomic E-state index is 6.05. The van der Waals surface area contributed by atoms with Crippen molar-refractivity contribution in [3.8, 4) is 5.75 Å². The van der Waals surface area contributed by atoms with Gasteiger partial charge in [-0.05, 0) is 25.6 Å². The first-order valence-electron chi connectivity index (χ1n) is 6.29. The highest BCUT2D eigenvalue weighted by Crippen LogP contribution is 2.35. The normalized spacial score (nSPS) is 12.6. The van der Waals surface area contributed by atoms with Gasteiger partial charge in [-0.25, -0.2) is 0 Å². The van der Waals surface area contributed by atoms with Crippen LogP contribution in [0.15, 0.2) is 18.3 Å². The van der Waals surface area contributed by atoms with Crippen LogP contribution >= 0.6 is 22.9 Å². The Morgan fingerprint density at radius 1 is 1.47 bits per heavy atom. The summed E-state index contributed by atoms with van der Waals surface area (Å²) in [5, 5.41) is 7.84. The van der Waals surface area contributed by atoms with E-state index in [1.165, 1.54) is 4.88 Å². The summed E-state index contributed by atoms with van der Waals surface area (Å²) in [5.41, 5.74) is 1.05. The van der Waals surface area contributed by atoms with Gasteiger partial charge in [0.15, 0.2) is 5.75 Å². The van der Waals surface area contributed by atoms with Gasteiger partial charge in [0.25, 0.3) is 0 Å².